The van der Waals surface area contributed by atoms with E-state index in [2.05, 4.69) is 22.4 Å². The molecule has 2 rings (SSSR count). The Hall–Kier alpha value is -1.63. The van der Waals surface area contributed by atoms with Gasteiger partial charge in [-0.05, 0) is 52.9 Å². The number of hydrogen-bond donors (Lipinski definition) is 2. The van der Waals surface area contributed by atoms with Crippen molar-refractivity contribution in [1.82, 2.24) is 15.5 Å². The van der Waals surface area contributed by atoms with Crippen LogP contribution in [0, 0.1) is 0 Å². The molecule has 1 saturated carbocycles. The van der Waals surface area contributed by atoms with Gasteiger partial charge in [-0.3, -0.25) is 0 Å². The van der Waals surface area contributed by atoms with E-state index in [0.717, 1.165) is 25.7 Å². The highest BCUT2D eigenvalue weighted by Crippen LogP contribution is 2.31. The van der Waals surface area contributed by atoms with Gasteiger partial charge in [-0.25, -0.2) is 4.79 Å². The van der Waals surface area contributed by atoms with E-state index in [4.69, 9.17) is 9.26 Å². The lowest BCUT2D eigenvalue weighted by Crippen LogP contribution is -2.48. The summed E-state index contributed by atoms with van der Waals surface area (Å²) < 4.78 is 10.5. The first-order valence-corrected chi connectivity index (χ1v) is 8.72. The molecule has 7 heteroatoms. The van der Waals surface area contributed by atoms with Crippen molar-refractivity contribution < 1.29 is 19.2 Å². The fourth-order valence-electron chi connectivity index (χ4n) is 3.07. The molecule has 0 spiro atoms. The molecule has 1 heterocycles. The summed E-state index contributed by atoms with van der Waals surface area (Å²) in [4.78, 5) is 16.2. The summed E-state index contributed by atoms with van der Waals surface area (Å²) in [6.07, 6.45) is 4.36. The molecule has 0 aliphatic heterocycles. The van der Waals surface area contributed by atoms with Gasteiger partial charge in [0, 0.05) is 12.5 Å². The molecule has 1 fully saturated rings. The van der Waals surface area contributed by atoms with Crippen molar-refractivity contribution in [2.24, 2.45) is 0 Å². The number of hydrogen-bond acceptors (Lipinski definition) is 6. The van der Waals surface area contributed by atoms with Crippen LogP contribution in [0.25, 0.3) is 0 Å². The minimum Gasteiger partial charge on any atom is -0.444 e. The number of aromatic nitrogens is 2. The molecule has 0 aromatic carbocycles. The van der Waals surface area contributed by atoms with E-state index in [0.29, 0.717) is 31.0 Å². The Kier molecular flexibility index (Phi) is 5.85. The Morgan fingerprint density at radius 2 is 2.25 bits per heavy atom. The number of carbonyl (C=O) groups excluding carboxylic acids is 1. The molecular weight excluding hydrogens is 310 g/mol. The highest BCUT2D eigenvalue weighted by atomic mass is 16.6. The molecule has 2 N–H and O–H groups in total. The van der Waals surface area contributed by atoms with E-state index in [1.807, 2.05) is 20.8 Å². The van der Waals surface area contributed by atoms with Gasteiger partial charge >= 0.3 is 6.09 Å². The van der Waals surface area contributed by atoms with Crippen LogP contribution >= 0.6 is 0 Å². The second-order valence-corrected chi connectivity index (χ2v) is 7.69. The molecule has 1 amide bonds. The molecule has 1 aromatic rings. The number of nitrogens with one attached hydrogen (secondary N) is 1. The fourth-order valence-corrected chi connectivity index (χ4v) is 3.07. The number of aliphatic hydroxyl groups is 1. The molecule has 24 heavy (non-hydrogen) atoms. The summed E-state index contributed by atoms with van der Waals surface area (Å²) in [5, 5.41) is 17.6. The molecule has 0 bridgehead atoms. The van der Waals surface area contributed by atoms with Crippen LogP contribution < -0.4 is 5.32 Å². The average Bonchev–Trinajstić information content (AvgIpc) is 2.83. The summed E-state index contributed by atoms with van der Waals surface area (Å²) >= 11 is 0. The van der Waals surface area contributed by atoms with Crippen molar-refractivity contribution in [2.45, 2.75) is 89.9 Å². The lowest BCUT2D eigenvalue weighted by Gasteiger charge is -2.36. The third-order valence-electron chi connectivity index (χ3n) is 4.01. The summed E-state index contributed by atoms with van der Waals surface area (Å²) in [5.41, 5.74) is -1.47. The van der Waals surface area contributed by atoms with E-state index in [-0.39, 0.29) is 6.04 Å². The highest BCUT2D eigenvalue weighted by molar-refractivity contribution is 5.68. The number of carbonyl (C=O) groups is 1. The van der Waals surface area contributed by atoms with E-state index < -0.39 is 17.3 Å². The van der Waals surface area contributed by atoms with Gasteiger partial charge < -0.3 is 19.7 Å². The van der Waals surface area contributed by atoms with Crippen LogP contribution in [0.1, 0.15) is 71.5 Å². The smallest absolute Gasteiger partial charge is 0.407 e. The van der Waals surface area contributed by atoms with Gasteiger partial charge in [0.05, 0.1) is 12.0 Å². The van der Waals surface area contributed by atoms with Crippen LogP contribution in [0.3, 0.4) is 0 Å². The van der Waals surface area contributed by atoms with Crippen LogP contribution in [0.4, 0.5) is 4.79 Å². The van der Waals surface area contributed by atoms with Gasteiger partial charge in [0.25, 0.3) is 0 Å². The zero-order valence-corrected chi connectivity index (χ0v) is 15.1. The first-order chi connectivity index (χ1) is 11.2. The summed E-state index contributed by atoms with van der Waals surface area (Å²) in [5.74, 6) is 1.13. The van der Waals surface area contributed by atoms with Crippen molar-refractivity contribution in [2.75, 3.05) is 0 Å². The van der Waals surface area contributed by atoms with Gasteiger partial charge in [0.2, 0.25) is 5.89 Å². The van der Waals surface area contributed by atoms with E-state index in [9.17, 15) is 9.90 Å². The monoisotopic (exact) mass is 339 g/mol. The predicted octanol–water partition coefficient (Wildman–Crippen LogP) is 2.76. The van der Waals surface area contributed by atoms with Gasteiger partial charge in [-0.2, -0.15) is 4.98 Å². The summed E-state index contributed by atoms with van der Waals surface area (Å²) in [6.45, 7) is 7.53. The molecule has 0 saturated heterocycles. The predicted molar refractivity (Wildman–Crippen MR) is 88.6 cm³/mol. The molecule has 136 valence electrons. The average molecular weight is 339 g/mol. The largest absolute Gasteiger partial charge is 0.444 e. The van der Waals surface area contributed by atoms with E-state index >= 15 is 0 Å². The highest BCUT2D eigenvalue weighted by Gasteiger charge is 2.37. The first kappa shape index (κ1) is 18.7. The van der Waals surface area contributed by atoms with Crippen LogP contribution in [0.15, 0.2) is 4.52 Å². The zero-order chi connectivity index (χ0) is 17.8. The minimum absolute atomic E-state index is 0.114. The Labute approximate surface area is 143 Å². The van der Waals surface area contributed by atoms with Crippen molar-refractivity contribution in [1.29, 1.82) is 0 Å². The van der Waals surface area contributed by atoms with Crippen LogP contribution in [0.5, 0.6) is 0 Å². The topological polar surface area (TPSA) is 97.5 Å². The van der Waals surface area contributed by atoms with E-state index in [1.54, 1.807) is 0 Å². The van der Waals surface area contributed by atoms with Crippen molar-refractivity contribution in [3.8, 4) is 0 Å². The van der Waals surface area contributed by atoms with Crippen LogP contribution in [0.2, 0.25) is 0 Å². The Morgan fingerprint density at radius 3 is 2.92 bits per heavy atom. The molecule has 1 aliphatic rings. The number of alkyl carbamates (subject to hydrolysis) is 1. The summed E-state index contributed by atoms with van der Waals surface area (Å²) in [6, 6.07) is -0.114. The molecule has 1 aliphatic carbocycles. The van der Waals surface area contributed by atoms with Crippen molar-refractivity contribution in [3.05, 3.63) is 11.7 Å². The van der Waals surface area contributed by atoms with Crippen molar-refractivity contribution >= 4 is 6.09 Å². The zero-order valence-electron chi connectivity index (χ0n) is 15.1. The normalized spacial score (nSPS) is 24.6. The molecule has 1 aromatic heterocycles. The van der Waals surface area contributed by atoms with Gasteiger partial charge in [-0.1, -0.05) is 12.1 Å². The number of nitrogens with zero attached hydrogens (tertiary/aromatic N) is 2. The maximum Gasteiger partial charge on any atom is 0.407 e. The van der Waals surface area contributed by atoms with Crippen molar-refractivity contribution in [3.63, 3.8) is 0 Å². The lowest BCUT2D eigenvalue weighted by atomic mass is 9.79. The van der Waals surface area contributed by atoms with Gasteiger partial charge in [-0.15, -0.1) is 0 Å². The Morgan fingerprint density at radius 1 is 1.50 bits per heavy atom. The lowest BCUT2D eigenvalue weighted by molar-refractivity contribution is -0.0149. The third-order valence-corrected chi connectivity index (χ3v) is 4.01. The van der Waals surface area contributed by atoms with Gasteiger partial charge in [0.15, 0.2) is 5.82 Å². The van der Waals surface area contributed by atoms with Gasteiger partial charge in [0.1, 0.15) is 5.60 Å². The van der Waals surface area contributed by atoms with Crippen LogP contribution in [-0.4, -0.2) is 38.6 Å². The number of amides is 1. The number of rotatable bonds is 5. The quantitative estimate of drug-likeness (QED) is 0.856. The Balaban J connectivity index is 1.91. The third kappa shape index (κ3) is 5.78. The summed E-state index contributed by atoms with van der Waals surface area (Å²) in [7, 11) is 0. The van der Waals surface area contributed by atoms with E-state index in [1.165, 1.54) is 0 Å². The second kappa shape index (κ2) is 7.51. The first-order valence-electron chi connectivity index (χ1n) is 8.72. The Bertz CT molecular complexity index is 552. The standard InChI is InChI=1S/C17H29N3O4/c1-5-7-13-19-14(24-20-13)11-17(22)9-6-8-12(10-17)18-15(21)23-16(2,3)4/h12,22H,5-11H2,1-4H3,(H,18,21)/t12-,17-/m1/s1. The number of ether oxygens (including phenoxy) is 1. The second-order valence-electron chi connectivity index (χ2n) is 7.69. The SMILES string of the molecule is CCCc1noc(C[C@@]2(O)CCC[C@@H](NC(=O)OC(C)(C)C)C2)n1. The minimum atomic E-state index is -0.937. The fraction of sp³-hybridized carbons (Fsp3) is 0.824. The molecular formula is C17H29N3O4. The number of aryl methyl sites for hydroxylation is 1. The molecule has 0 unspecified atom stereocenters. The molecule has 2 atom stereocenters. The molecule has 0 radical (unpaired) electrons. The van der Waals surface area contributed by atoms with Crippen LogP contribution in [-0.2, 0) is 17.6 Å². The maximum atomic E-state index is 11.9. The maximum absolute atomic E-state index is 11.9. The molecule has 7 nitrogen and oxygen atoms in total.